The van der Waals surface area contributed by atoms with Gasteiger partial charge in [0.1, 0.15) is 0 Å². The normalized spacial score (nSPS) is 16.6. The number of carboxylic acids is 2. The Labute approximate surface area is 149 Å². The van der Waals surface area contributed by atoms with E-state index in [0.29, 0.717) is 10.1 Å². The van der Waals surface area contributed by atoms with Crippen molar-refractivity contribution in [1.82, 2.24) is 0 Å². The number of carbonyl (C=O) groups is 2. The van der Waals surface area contributed by atoms with Crippen LogP contribution in [0.3, 0.4) is 0 Å². The fourth-order valence-corrected chi connectivity index (χ4v) is 2.86. The van der Waals surface area contributed by atoms with Gasteiger partial charge in [-0.15, -0.1) is 23.5 Å². The molecule has 2 aliphatic rings. The minimum atomic E-state index is -1.04. The molecule has 100 valence electrons. The zero-order chi connectivity index (χ0) is 13.4. The Bertz CT molecular complexity index is 352. The van der Waals surface area contributed by atoms with E-state index in [-0.39, 0.29) is 50.6 Å². The van der Waals surface area contributed by atoms with E-state index in [1.807, 2.05) is 0 Å². The molecule has 2 aliphatic heterocycles. The molecule has 0 N–H and O–H groups in total. The summed E-state index contributed by atoms with van der Waals surface area (Å²) in [5.41, 5.74) is 0. The molecule has 9 heteroatoms. The Hall–Kier alpha value is 0.240. The summed E-state index contributed by atoms with van der Waals surface area (Å²) >= 11 is 3.00. The quantitative estimate of drug-likeness (QED) is 0.562. The van der Waals surface area contributed by atoms with Gasteiger partial charge in [0, 0.05) is 49.4 Å². The zero-order valence-electron chi connectivity index (χ0n) is 10.3. The number of carboxylic acid groups (broad SMARTS) is 2. The van der Waals surface area contributed by atoms with Crippen LogP contribution in [-0.4, -0.2) is 84.4 Å². The van der Waals surface area contributed by atoms with Crippen molar-refractivity contribution in [2.24, 2.45) is 9.98 Å². The molecule has 0 aliphatic carbocycles. The second-order valence-electron chi connectivity index (χ2n) is 3.35. The molecular formula is C10H12CaN2O4S2. The van der Waals surface area contributed by atoms with Gasteiger partial charge in [0.2, 0.25) is 0 Å². The van der Waals surface area contributed by atoms with Crippen molar-refractivity contribution in [3.63, 3.8) is 0 Å². The summed E-state index contributed by atoms with van der Waals surface area (Å²) < 4.78 is 0. The monoisotopic (exact) mass is 328 g/mol. The molecule has 0 bridgehead atoms. The largest absolute Gasteiger partial charge is 2.00 e. The molecule has 0 spiro atoms. The third-order valence-electron chi connectivity index (χ3n) is 1.89. The number of aliphatic carboxylic acids is 2. The van der Waals surface area contributed by atoms with E-state index < -0.39 is 11.9 Å². The van der Waals surface area contributed by atoms with Gasteiger partial charge in [-0.05, 0) is 0 Å². The number of carbonyl (C=O) groups excluding carboxylic acids is 2. The number of rotatable bonds is 4. The minimum absolute atomic E-state index is 0. The third-order valence-corrected chi connectivity index (χ3v) is 3.87. The molecule has 0 saturated heterocycles. The number of hydrogen-bond acceptors (Lipinski definition) is 8. The summed E-state index contributed by atoms with van der Waals surface area (Å²) in [5.74, 6) is -0.239. The maximum Gasteiger partial charge on any atom is 2.00 e. The van der Waals surface area contributed by atoms with Gasteiger partial charge in [0.25, 0.3) is 0 Å². The van der Waals surface area contributed by atoms with Gasteiger partial charge < -0.3 is 19.8 Å². The number of hydrogen-bond donors (Lipinski definition) is 0. The van der Waals surface area contributed by atoms with Gasteiger partial charge in [-0.2, -0.15) is 0 Å². The summed E-state index contributed by atoms with van der Waals surface area (Å²) in [7, 11) is 0. The van der Waals surface area contributed by atoms with Crippen molar-refractivity contribution >= 4 is 83.3 Å². The topological polar surface area (TPSA) is 105 Å². The SMILES string of the molecule is O=C([O-])CC1=NCCS1.O=C([O-])CC1=NCCS1.[Ca+2]. The van der Waals surface area contributed by atoms with Crippen LogP contribution in [0.2, 0.25) is 0 Å². The van der Waals surface area contributed by atoms with Crippen LogP contribution < -0.4 is 10.2 Å². The summed E-state index contributed by atoms with van der Waals surface area (Å²) in [5, 5.41) is 21.3. The molecular weight excluding hydrogens is 316 g/mol. The summed E-state index contributed by atoms with van der Waals surface area (Å²) in [6, 6.07) is 0. The summed E-state index contributed by atoms with van der Waals surface area (Å²) in [6.45, 7) is 1.51. The Morgan fingerprint density at radius 2 is 1.32 bits per heavy atom. The first-order valence-corrected chi connectivity index (χ1v) is 7.27. The van der Waals surface area contributed by atoms with Crippen molar-refractivity contribution in [1.29, 1.82) is 0 Å². The van der Waals surface area contributed by atoms with Crippen LogP contribution in [0, 0.1) is 0 Å². The smallest absolute Gasteiger partial charge is 0.550 e. The molecule has 0 saturated carbocycles. The zero-order valence-corrected chi connectivity index (χ0v) is 14.1. The second-order valence-corrected chi connectivity index (χ2v) is 5.68. The summed E-state index contributed by atoms with van der Waals surface area (Å²) in [4.78, 5) is 27.8. The molecule has 19 heavy (non-hydrogen) atoms. The maximum absolute atomic E-state index is 9.95. The molecule has 0 unspecified atom stereocenters. The first-order chi connectivity index (χ1) is 8.58. The Balaban J connectivity index is 0.000000324. The van der Waals surface area contributed by atoms with Gasteiger partial charge >= 0.3 is 37.7 Å². The first-order valence-electron chi connectivity index (χ1n) is 5.30. The van der Waals surface area contributed by atoms with E-state index in [2.05, 4.69) is 9.98 Å². The van der Waals surface area contributed by atoms with Crippen LogP contribution in [-0.2, 0) is 9.59 Å². The van der Waals surface area contributed by atoms with Crippen molar-refractivity contribution in [3.8, 4) is 0 Å². The van der Waals surface area contributed by atoms with E-state index >= 15 is 0 Å². The molecule has 2 heterocycles. The predicted molar refractivity (Wildman–Crippen MR) is 74.5 cm³/mol. The molecule has 0 aromatic heterocycles. The average molecular weight is 328 g/mol. The van der Waals surface area contributed by atoms with Crippen LogP contribution in [0.1, 0.15) is 12.8 Å². The number of thioether (sulfide) groups is 2. The summed E-state index contributed by atoms with van der Waals surface area (Å²) in [6.07, 6.45) is -0.0185. The number of nitrogens with zero attached hydrogens (tertiary/aromatic N) is 2. The standard InChI is InChI=1S/2C5H7NO2S.Ca/c2*7-5(8)3-4-6-1-2-9-4;/h2*1-3H2,(H,7,8);/q;;+2/p-2. The maximum atomic E-state index is 9.95. The average Bonchev–Trinajstić information content (AvgIpc) is 2.90. The molecule has 2 rings (SSSR count). The Kier molecular flexibility index (Phi) is 11.1. The Morgan fingerprint density at radius 3 is 1.53 bits per heavy atom. The van der Waals surface area contributed by atoms with E-state index in [1.165, 1.54) is 23.5 Å². The molecule has 0 radical (unpaired) electrons. The molecule has 0 fully saturated rings. The van der Waals surface area contributed by atoms with Crippen molar-refractivity contribution in [2.45, 2.75) is 12.8 Å². The van der Waals surface area contributed by atoms with Crippen LogP contribution in [0.25, 0.3) is 0 Å². The van der Waals surface area contributed by atoms with Crippen LogP contribution in [0.5, 0.6) is 0 Å². The van der Waals surface area contributed by atoms with Gasteiger partial charge in [-0.25, -0.2) is 0 Å². The van der Waals surface area contributed by atoms with Crippen molar-refractivity contribution < 1.29 is 19.8 Å². The van der Waals surface area contributed by atoms with Gasteiger partial charge in [-0.3, -0.25) is 9.98 Å². The van der Waals surface area contributed by atoms with Crippen molar-refractivity contribution in [2.75, 3.05) is 24.6 Å². The van der Waals surface area contributed by atoms with Crippen LogP contribution in [0.4, 0.5) is 0 Å². The molecule has 0 amide bonds. The van der Waals surface area contributed by atoms with Gasteiger partial charge in [-0.1, -0.05) is 0 Å². The van der Waals surface area contributed by atoms with E-state index in [4.69, 9.17) is 0 Å². The van der Waals surface area contributed by atoms with Crippen LogP contribution >= 0.6 is 23.5 Å². The Morgan fingerprint density at radius 1 is 0.947 bits per heavy atom. The fraction of sp³-hybridized carbons (Fsp3) is 0.600. The minimum Gasteiger partial charge on any atom is -0.550 e. The molecule has 0 atom stereocenters. The van der Waals surface area contributed by atoms with E-state index in [1.54, 1.807) is 0 Å². The fourth-order valence-electron chi connectivity index (χ4n) is 1.22. The molecule has 6 nitrogen and oxygen atoms in total. The number of aliphatic imine (C=N–C) groups is 2. The van der Waals surface area contributed by atoms with E-state index in [0.717, 1.165) is 24.6 Å². The van der Waals surface area contributed by atoms with Crippen LogP contribution in [0.15, 0.2) is 9.98 Å². The predicted octanol–water partition coefficient (Wildman–Crippen LogP) is -1.84. The molecule has 0 aromatic carbocycles. The van der Waals surface area contributed by atoms with E-state index in [9.17, 15) is 19.8 Å². The first kappa shape index (κ1) is 19.2. The van der Waals surface area contributed by atoms with Gasteiger partial charge in [0.05, 0.1) is 10.1 Å². The third kappa shape index (κ3) is 9.73. The van der Waals surface area contributed by atoms with Crippen molar-refractivity contribution in [3.05, 3.63) is 0 Å². The second kappa shape index (κ2) is 11.0. The van der Waals surface area contributed by atoms with Gasteiger partial charge in [0.15, 0.2) is 0 Å². The molecule has 0 aromatic rings.